The first-order valence-electron chi connectivity index (χ1n) is 3.80. The molecule has 0 saturated heterocycles. The van der Waals surface area contributed by atoms with Crippen molar-refractivity contribution in [2.24, 2.45) is 11.8 Å². The summed E-state index contributed by atoms with van der Waals surface area (Å²) in [6, 6.07) is 0. The lowest BCUT2D eigenvalue weighted by atomic mass is 10.4. The molecule has 2 rings (SSSR count). The second-order valence-corrected chi connectivity index (χ2v) is 3.25. The zero-order chi connectivity index (χ0) is 5.98. The van der Waals surface area contributed by atoms with Gasteiger partial charge in [0.25, 0.3) is 0 Å². The molecule has 0 heteroatoms. The molecule has 0 heterocycles. The van der Waals surface area contributed by atoms with Crippen LogP contribution in [0.1, 0.15) is 39.5 Å². The first-order chi connectivity index (χ1) is 3.80. The lowest BCUT2D eigenvalue weighted by molar-refractivity contribution is 0.834. The van der Waals surface area contributed by atoms with Gasteiger partial charge in [0.2, 0.25) is 0 Å². The van der Waals surface area contributed by atoms with Crippen molar-refractivity contribution in [1.82, 2.24) is 0 Å². The summed E-state index contributed by atoms with van der Waals surface area (Å²) in [4.78, 5) is 0. The number of rotatable bonds is 0. The zero-order valence-corrected chi connectivity index (χ0v) is 5.98. The smallest absolute Gasteiger partial charge is 0.0414 e. The summed E-state index contributed by atoms with van der Waals surface area (Å²) in [7, 11) is 0. The van der Waals surface area contributed by atoms with Crippen molar-refractivity contribution in [3.8, 4) is 0 Å². The predicted molar refractivity (Wildman–Crippen MR) is 36.8 cm³/mol. The highest BCUT2D eigenvalue weighted by Crippen LogP contribution is 2.36. The molecule has 0 aromatic carbocycles. The Morgan fingerprint density at radius 1 is 0.875 bits per heavy atom. The van der Waals surface area contributed by atoms with E-state index < -0.39 is 0 Å². The summed E-state index contributed by atoms with van der Waals surface area (Å²) < 4.78 is 0. The van der Waals surface area contributed by atoms with E-state index in [4.69, 9.17) is 0 Å². The molecule has 0 amide bonds. The fourth-order valence-corrected chi connectivity index (χ4v) is 0.508. The van der Waals surface area contributed by atoms with Gasteiger partial charge in [-0.1, -0.05) is 33.1 Å². The van der Waals surface area contributed by atoms with Gasteiger partial charge in [-0.3, -0.25) is 0 Å². The third-order valence-corrected chi connectivity index (χ3v) is 1.87. The average Bonchev–Trinajstić information content (AvgIpc) is 2.44. The number of hydrogen-bond donors (Lipinski definition) is 0. The topological polar surface area (TPSA) is 0 Å². The molecule has 0 radical (unpaired) electrons. The van der Waals surface area contributed by atoms with Crippen LogP contribution in [0.15, 0.2) is 0 Å². The maximum absolute atomic E-state index is 2.30. The van der Waals surface area contributed by atoms with Crippen LogP contribution in [0.3, 0.4) is 0 Å². The number of hydrogen-bond acceptors (Lipinski definition) is 0. The van der Waals surface area contributed by atoms with E-state index in [1.54, 1.807) is 0 Å². The van der Waals surface area contributed by atoms with Crippen molar-refractivity contribution in [2.45, 2.75) is 39.5 Å². The Kier molecular flexibility index (Phi) is 1.93. The highest BCUT2D eigenvalue weighted by Gasteiger charge is 2.26. The molecule has 0 aromatic rings. The third kappa shape index (κ3) is 3.06. The fraction of sp³-hybridized carbons (Fsp3) is 1.00. The van der Waals surface area contributed by atoms with Crippen LogP contribution in [0.4, 0.5) is 0 Å². The molecule has 0 aromatic heterocycles. The van der Waals surface area contributed by atoms with E-state index in [1.165, 1.54) is 25.7 Å². The molecule has 2 aliphatic rings. The molecule has 2 atom stereocenters. The molecule has 0 nitrogen and oxygen atoms in total. The maximum Gasteiger partial charge on any atom is -0.0414 e. The van der Waals surface area contributed by atoms with Crippen molar-refractivity contribution < 1.29 is 0 Å². The maximum atomic E-state index is 2.30. The summed E-state index contributed by atoms with van der Waals surface area (Å²) in [6.07, 6.45) is 5.97. The van der Waals surface area contributed by atoms with Gasteiger partial charge in [-0.2, -0.15) is 0 Å². The molecule has 48 valence electrons. The minimum absolute atomic E-state index is 1.05. The van der Waals surface area contributed by atoms with Gasteiger partial charge < -0.3 is 0 Å². The van der Waals surface area contributed by atoms with Crippen molar-refractivity contribution >= 4 is 0 Å². The minimum Gasteiger partial charge on any atom is -0.0622 e. The van der Waals surface area contributed by atoms with E-state index in [0.29, 0.717) is 0 Å². The summed E-state index contributed by atoms with van der Waals surface area (Å²) in [5.74, 6) is 2.10. The van der Waals surface area contributed by atoms with Crippen LogP contribution in [0.5, 0.6) is 0 Å². The lowest BCUT2D eigenvalue weighted by Crippen LogP contribution is -1.58. The summed E-state index contributed by atoms with van der Waals surface area (Å²) >= 11 is 0. The average molecular weight is 112 g/mol. The molecule has 2 unspecified atom stereocenters. The van der Waals surface area contributed by atoms with Gasteiger partial charge in [-0.25, -0.2) is 0 Å². The van der Waals surface area contributed by atoms with Crippen molar-refractivity contribution in [3.63, 3.8) is 0 Å². The molecule has 0 N–H and O–H groups in total. The summed E-state index contributed by atoms with van der Waals surface area (Å²) in [6.45, 7) is 4.59. The molecule has 2 aliphatic carbocycles. The molecule has 0 aliphatic heterocycles. The monoisotopic (exact) mass is 112 g/mol. The Labute approximate surface area is 52.3 Å². The third-order valence-electron chi connectivity index (χ3n) is 1.87. The molecule has 2 fully saturated rings. The van der Waals surface area contributed by atoms with Gasteiger partial charge in [-0.05, 0) is 18.3 Å². The molecule has 2 saturated carbocycles. The molecular formula is C8H16. The van der Waals surface area contributed by atoms with E-state index in [0.717, 1.165) is 11.8 Å². The normalized spacial score (nSPS) is 39.8. The first-order valence-corrected chi connectivity index (χ1v) is 3.80. The van der Waals surface area contributed by atoms with E-state index >= 15 is 0 Å². The van der Waals surface area contributed by atoms with Crippen LogP contribution in [0.25, 0.3) is 0 Å². The van der Waals surface area contributed by atoms with Gasteiger partial charge in [0.1, 0.15) is 0 Å². The van der Waals surface area contributed by atoms with Crippen LogP contribution in [-0.4, -0.2) is 0 Å². The summed E-state index contributed by atoms with van der Waals surface area (Å²) in [5.41, 5.74) is 0. The van der Waals surface area contributed by atoms with Crippen molar-refractivity contribution in [3.05, 3.63) is 0 Å². The van der Waals surface area contributed by atoms with Crippen LogP contribution >= 0.6 is 0 Å². The molecule has 8 heavy (non-hydrogen) atoms. The molecular weight excluding hydrogens is 96.1 g/mol. The van der Waals surface area contributed by atoms with Crippen molar-refractivity contribution in [2.75, 3.05) is 0 Å². The zero-order valence-electron chi connectivity index (χ0n) is 5.98. The highest BCUT2D eigenvalue weighted by atomic mass is 14.3. The highest BCUT2D eigenvalue weighted by molar-refractivity contribution is 4.76. The van der Waals surface area contributed by atoms with Gasteiger partial charge in [0, 0.05) is 0 Å². The fourth-order valence-electron chi connectivity index (χ4n) is 0.508. The Morgan fingerprint density at radius 2 is 1.12 bits per heavy atom. The Balaban J connectivity index is 0.0000000907. The Morgan fingerprint density at radius 3 is 1.12 bits per heavy atom. The minimum atomic E-state index is 1.05. The Hall–Kier alpha value is 0. The van der Waals surface area contributed by atoms with E-state index in [9.17, 15) is 0 Å². The van der Waals surface area contributed by atoms with Crippen LogP contribution in [0.2, 0.25) is 0 Å². The van der Waals surface area contributed by atoms with Crippen LogP contribution in [0, 0.1) is 11.8 Å². The Bertz CT molecular complexity index is 55.7. The molecule has 0 spiro atoms. The second kappa shape index (κ2) is 2.52. The van der Waals surface area contributed by atoms with Crippen LogP contribution in [-0.2, 0) is 0 Å². The van der Waals surface area contributed by atoms with Gasteiger partial charge in [-0.15, -0.1) is 0 Å². The van der Waals surface area contributed by atoms with Crippen molar-refractivity contribution in [1.29, 1.82) is 0 Å². The molecule has 0 bridgehead atoms. The van der Waals surface area contributed by atoms with E-state index in [-0.39, 0.29) is 0 Å². The predicted octanol–water partition coefficient (Wildman–Crippen LogP) is 2.83. The standard InChI is InChI=1S/C5H10.C3H6/c1-4-3-5(4)2;1-2-3-1/h4-5H,3H2,1-2H3;1-3H2. The van der Waals surface area contributed by atoms with Gasteiger partial charge >= 0.3 is 0 Å². The first kappa shape index (κ1) is 6.12. The largest absolute Gasteiger partial charge is 0.0622 e. The quantitative estimate of drug-likeness (QED) is 0.452. The lowest BCUT2D eigenvalue weighted by Gasteiger charge is -1.66. The second-order valence-electron chi connectivity index (χ2n) is 3.25. The van der Waals surface area contributed by atoms with Gasteiger partial charge in [0.15, 0.2) is 0 Å². The SMILES string of the molecule is C1CC1.CC1CC1C. The van der Waals surface area contributed by atoms with E-state index in [2.05, 4.69) is 13.8 Å². The summed E-state index contributed by atoms with van der Waals surface area (Å²) in [5, 5.41) is 0. The van der Waals surface area contributed by atoms with Gasteiger partial charge in [0.05, 0.1) is 0 Å². The van der Waals surface area contributed by atoms with Crippen LogP contribution < -0.4 is 0 Å². The van der Waals surface area contributed by atoms with E-state index in [1.807, 2.05) is 0 Å².